The van der Waals surface area contributed by atoms with Crippen LogP contribution in [0.15, 0.2) is 47.0 Å². The minimum Gasteiger partial charge on any atom is -0.463 e. The summed E-state index contributed by atoms with van der Waals surface area (Å²) in [6, 6.07) is 7.60. The first-order valence-electron chi connectivity index (χ1n) is 11.7. The molecule has 2 aromatic rings. The number of hydrogen-bond donors (Lipinski definition) is 1. The van der Waals surface area contributed by atoms with E-state index in [0.717, 1.165) is 0 Å². The largest absolute Gasteiger partial charge is 0.463 e. The molecule has 1 fully saturated rings. The molecule has 8 nitrogen and oxygen atoms in total. The molecule has 1 N–H and O–H groups in total. The van der Waals surface area contributed by atoms with Gasteiger partial charge in [-0.1, -0.05) is 41.4 Å². The van der Waals surface area contributed by atoms with Crippen LogP contribution in [-0.2, 0) is 9.53 Å². The Labute approximate surface area is 224 Å². The Morgan fingerprint density at radius 2 is 1.97 bits per heavy atom. The molecule has 36 heavy (non-hydrogen) atoms. The summed E-state index contributed by atoms with van der Waals surface area (Å²) in [4.78, 5) is 45.3. The van der Waals surface area contributed by atoms with Gasteiger partial charge in [0.25, 0.3) is 5.91 Å². The molecule has 0 unspecified atom stereocenters. The Morgan fingerprint density at radius 1 is 1.19 bits per heavy atom. The number of benzene rings is 1. The number of likely N-dealkylation sites (N-methyl/N-ethyl adjacent to an activating group) is 1. The van der Waals surface area contributed by atoms with Gasteiger partial charge in [-0.2, -0.15) is 0 Å². The summed E-state index contributed by atoms with van der Waals surface area (Å²) in [6.45, 7) is 5.98. The first-order chi connectivity index (χ1) is 17.2. The zero-order valence-corrected chi connectivity index (χ0v) is 22.6. The van der Waals surface area contributed by atoms with E-state index in [-0.39, 0.29) is 29.6 Å². The van der Waals surface area contributed by atoms with Crippen molar-refractivity contribution in [1.29, 1.82) is 0 Å². The lowest BCUT2D eigenvalue weighted by molar-refractivity contribution is -0.139. The molecular formula is C25H28Cl2N4O4S. The maximum atomic E-state index is 13.2. The number of carbonyl (C=O) groups excluding carboxylic acids is 3. The minimum absolute atomic E-state index is 0.0217. The van der Waals surface area contributed by atoms with Gasteiger partial charge in [-0.05, 0) is 36.9 Å². The fourth-order valence-corrected chi connectivity index (χ4v) is 5.70. The molecular weight excluding hydrogens is 523 g/mol. The van der Waals surface area contributed by atoms with Crippen molar-refractivity contribution in [3.63, 3.8) is 0 Å². The molecule has 0 spiro atoms. The van der Waals surface area contributed by atoms with E-state index in [1.807, 2.05) is 29.3 Å². The van der Waals surface area contributed by atoms with Crippen LogP contribution >= 0.6 is 34.5 Å². The standard InChI is InChI=1S/C25H28Cl2N4O4S/c1-4-35-24(33)20-18(29(3)25(34)28-22(20)16-7-5-8-17(26)21(16)27)14-30-10-11-31(15(2)13-30)23(32)19-9-6-12-36-19/h5-9,12,15,22H,4,10-11,13-14H2,1-3H3,(H,28,34)/t15-,22+/m1/s1. The number of esters is 1. The molecule has 0 bridgehead atoms. The number of nitrogens with zero attached hydrogens (tertiary/aromatic N) is 3. The number of hydrogen-bond acceptors (Lipinski definition) is 6. The summed E-state index contributed by atoms with van der Waals surface area (Å²) in [5.74, 6) is -0.506. The van der Waals surface area contributed by atoms with Crippen LogP contribution in [0.5, 0.6) is 0 Å². The fourth-order valence-electron chi connectivity index (χ4n) is 4.61. The van der Waals surface area contributed by atoms with Crippen molar-refractivity contribution in [2.24, 2.45) is 0 Å². The van der Waals surface area contributed by atoms with Gasteiger partial charge in [-0.25, -0.2) is 9.59 Å². The number of carbonyl (C=O) groups is 3. The molecule has 1 saturated heterocycles. The average Bonchev–Trinajstić information content (AvgIpc) is 3.38. The van der Waals surface area contributed by atoms with Gasteiger partial charge in [0.1, 0.15) is 0 Å². The molecule has 1 aromatic heterocycles. The third kappa shape index (κ3) is 5.25. The monoisotopic (exact) mass is 550 g/mol. The van der Waals surface area contributed by atoms with E-state index in [2.05, 4.69) is 10.2 Å². The van der Waals surface area contributed by atoms with Crippen LogP contribution in [0.2, 0.25) is 10.0 Å². The van der Waals surface area contributed by atoms with Gasteiger partial charge in [-0.3, -0.25) is 14.6 Å². The third-order valence-corrected chi connectivity index (χ3v) is 8.13. The zero-order chi connectivity index (χ0) is 26.0. The number of thiophene rings is 1. The highest BCUT2D eigenvalue weighted by atomic mass is 35.5. The van der Waals surface area contributed by atoms with Crippen molar-refractivity contribution in [2.75, 3.05) is 39.8 Å². The first kappa shape index (κ1) is 26.5. The maximum absolute atomic E-state index is 13.2. The van der Waals surface area contributed by atoms with Crippen molar-refractivity contribution in [2.45, 2.75) is 25.9 Å². The Bertz CT molecular complexity index is 1190. The molecule has 2 aliphatic rings. The summed E-state index contributed by atoms with van der Waals surface area (Å²) < 4.78 is 5.40. The Hall–Kier alpha value is -2.59. The van der Waals surface area contributed by atoms with Gasteiger partial charge >= 0.3 is 12.0 Å². The van der Waals surface area contributed by atoms with Gasteiger partial charge in [-0.15, -0.1) is 11.3 Å². The summed E-state index contributed by atoms with van der Waals surface area (Å²) >= 11 is 14.2. The summed E-state index contributed by atoms with van der Waals surface area (Å²) in [5, 5.41) is 5.36. The van der Waals surface area contributed by atoms with Crippen molar-refractivity contribution >= 4 is 52.4 Å². The first-order valence-corrected chi connectivity index (χ1v) is 13.3. The normalized spacial score (nSPS) is 21.0. The van der Waals surface area contributed by atoms with E-state index >= 15 is 0 Å². The molecule has 3 amide bonds. The van der Waals surface area contributed by atoms with Crippen molar-refractivity contribution in [3.8, 4) is 0 Å². The molecule has 2 atom stereocenters. The van der Waals surface area contributed by atoms with Crippen LogP contribution in [-0.4, -0.2) is 78.5 Å². The van der Waals surface area contributed by atoms with Crippen LogP contribution in [0.3, 0.4) is 0 Å². The lowest BCUT2D eigenvalue weighted by Crippen LogP contribution is -2.56. The van der Waals surface area contributed by atoms with E-state index in [1.165, 1.54) is 16.2 Å². The molecule has 11 heteroatoms. The fraction of sp³-hybridized carbons (Fsp3) is 0.400. The Morgan fingerprint density at radius 3 is 2.64 bits per heavy atom. The van der Waals surface area contributed by atoms with Crippen molar-refractivity contribution in [1.82, 2.24) is 20.0 Å². The molecule has 0 radical (unpaired) electrons. The van der Waals surface area contributed by atoms with E-state index < -0.39 is 12.0 Å². The average molecular weight is 551 g/mol. The molecule has 3 heterocycles. The third-order valence-electron chi connectivity index (χ3n) is 6.44. The highest BCUT2D eigenvalue weighted by molar-refractivity contribution is 7.12. The number of urea groups is 1. The van der Waals surface area contributed by atoms with Gasteiger partial charge in [0.2, 0.25) is 0 Å². The number of piperazine rings is 1. The predicted molar refractivity (Wildman–Crippen MR) is 140 cm³/mol. The van der Waals surface area contributed by atoms with Crippen LogP contribution in [0, 0.1) is 0 Å². The smallest absolute Gasteiger partial charge is 0.338 e. The molecule has 192 valence electrons. The number of halogens is 2. The quantitative estimate of drug-likeness (QED) is 0.538. The zero-order valence-electron chi connectivity index (χ0n) is 20.3. The highest BCUT2D eigenvalue weighted by Crippen LogP contribution is 2.37. The SMILES string of the molecule is CCOC(=O)C1=C(CN2CCN(C(=O)c3cccs3)[C@H](C)C2)N(C)C(=O)N[C@H]1c1cccc(Cl)c1Cl. The van der Waals surface area contributed by atoms with E-state index in [9.17, 15) is 14.4 Å². The lowest BCUT2D eigenvalue weighted by Gasteiger charge is -2.42. The number of amides is 3. The molecule has 2 aliphatic heterocycles. The molecule has 4 rings (SSSR count). The maximum Gasteiger partial charge on any atom is 0.338 e. The van der Waals surface area contributed by atoms with Crippen LogP contribution in [0.1, 0.15) is 35.1 Å². The highest BCUT2D eigenvalue weighted by Gasteiger charge is 2.39. The second-order valence-corrected chi connectivity index (χ2v) is 10.5. The Balaban J connectivity index is 1.65. The van der Waals surface area contributed by atoms with Crippen LogP contribution in [0.25, 0.3) is 0 Å². The van der Waals surface area contributed by atoms with Crippen molar-refractivity contribution < 1.29 is 19.1 Å². The number of nitrogens with one attached hydrogen (secondary N) is 1. The molecule has 0 aliphatic carbocycles. The van der Waals surface area contributed by atoms with Gasteiger partial charge < -0.3 is 15.0 Å². The number of ether oxygens (including phenoxy) is 1. The van der Waals surface area contributed by atoms with Crippen LogP contribution < -0.4 is 5.32 Å². The Kier molecular flexibility index (Phi) is 8.24. The van der Waals surface area contributed by atoms with Crippen LogP contribution in [0.4, 0.5) is 4.79 Å². The predicted octanol–water partition coefficient (Wildman–Crippen LogP) is 4.41. The van der Waals surface area contributed by atoms with E-state index in [0.29, 0.717) is 52.9 Å². The van der Waals surface area contributed by atoms with Gasteiger partial charge in [0, 0.05) is 45.0 Å². The molecule has 0 saturated carbocycles. The second kappa shape index (κ2) is 11.2. The van der Waals surface area contributed by atoms with E-state index in [4.69, 9.17) is 27.9 Å². The summed E-state index contributed by atoms with van der Waals surface area (Å²) in [7, 11) is 1.62. The second-order valence-electron chi connectivity index (χ2n) is 8.73. The minimum atomic E-state index is -0.812. The summed E-state index contributed by atoms with van der Waals surface area (Å²) in [5.41, 5.74) is 1.36. The van der Waals surface area contributed by atoms with Gasteiger partial charge in [0.15, 0.2) is 0 Å². The number of rotatable bonds is 6. The lowest BCUT2D eigenvalue weighted by atomic mass is 9.94. The van der Waals surface area contributed by atoms with Gasteiger partial charge in [0.05, 0.1) is 33.1 Å². The van der Waals surface area contributed by atoms with E-state index in [1.54, 1.807) is 32.2 Å². The van der Waals surface area contributed by atoms with Crippen molar-refractivity contribution in [3.05, 3.63) is 67.5 Å². The molecule has 1 aromatic carbocycles. The summed E-state index contributed by atoms with van der Waals surface area (Å²) in [6.07, 6.45) is 0. The topological polar surface area (TPSA) is 82.2 Å².